The van der Waals surface area contributed by atoms with Gasteiger partial charge in [0.05, 0.1) is 6.10 Å². The lowest BCUT2D eigenvalue weighted by atomic mass is 10.4. The number of nitrogens with two attached hydrogens (primary N) is 1. The fourth-order valence-corrected chi connectivity index (χ4v) is 0.735. The number of hydrogen-bond acceptors (Lipinski definition) is 4. The van der Waals surface area contributed by atoms with Gasteiger partial charge in [-0.2, -0.15) is 0 Å². The van der Waals surface area contributed by atoms with Gasteiger partial charge in [-0.15, -0.1) is 0 Å². The van der Waals surface area contributed by atoms with Crippen molar-refractivity contribution in [3.8, 4) is 5.75 Å². The van der Waals surface area contributed by atoms with Gasteiger partial charge < -0.3 is 15.6 Å². The maximum Gasteiger partial charge on any atom is 0.126 e. The van der Waals surface area contributed by atoms with E-state index in [1.165, 1.54) is 0 Å². The molecule has 0 spiro atoms. The van der Waals surface area contributed by atoms with Crippen LogP contribution < -0.4 is 10.5 Å². The summed E-state index contributed by atoms with van der Waals surface area (Å²) in [6, 6.07) is 3.31. The molecule has 0 aliphatic carbocycles. The Morgan fingerprint density at radius 2 is 2.50 bits per heavy atom. The van der Waals surface area contributed by atoms with Crippen molar-refractivity contribution in [2.75, 3.05) is 12.3 Å². The highest BCUT2D eigenvalue weighted by Gasteiger charge is 1.97. The fourth-order valence-electron chi connectivity index (χ4n) is 0.735. The molecule has 4 nitrogen and oxygen atoms in total. The lowest BCUT2D eigenvalue weighted by Crippen LogP contribution is -2.12. The van der Waals surface area contributed by atoms with Crippen LogP contribution in [0.15, 0.2) is 18.3 Å². The molecule has 0 saturated heterocycles. The van der Waals surface area contributed by atoms with Gasteiger partial charge in [0.15, 0.2) is 0 Å². The minimum Gasteiger partial charge on any atom is -0.491 e. The SMILES string of the molecule is CC(O)COc1ccnc(N)c1. The van der Waals surface area contributed by atoms with E-state index in [9.17, 15) is 0 Å². The third kappa shape index (κ3) is 2.75. The van der Waals surface area contributed by atoms with Gasteiger partial charge in [0, 0.05) is 12.3 Å². The molecule has 0 radical (unpaired) electrons. The van der Waals surface area contributed by atoms with E-state index in [2.05, 4.69) is 4.98 Å². The molecule has 0 aliphatic rings. The summed E-state index contributed by atoms with van der Waals surface area (Å²) >= 11 is 0. The molecule has 0 aromatic carbocycles. The smallest absolute Gasteiger partial charge is 0.126 e. The van der Waals surface area contributed by atoms with Crippen molar-refractivity contribution < 1.29 is 9.84 Å². The van der Waals surface area contributed by atoms with E-state index in [0.717, 1.165) is 0 Å². The Kier molecular flexibility index (Phi) is 2.88. The van der Waals surface area contributed by atoms with E-state index in [-0.39, 0.29) is 6.61 Å². The van der Waals surface area contributed by atoms with Gasteiger partial charge in [-0.25, -0.2) is 4.98 Å². The minimum atomic E-state index is -0.473. The van der Waals surface area contributed by atoms with E-state index in [0.29, 0.717) is 11.6 Å². The second-order valence-corrected chi connectivity index (χ2v) is 2.58. The molecule has 1 aromatic rings. The van der Waals surface area contributed by atoms with Gasteiger partial charge in [-0.1, -0.05) is 0 Å². The van der Waals surface area contributed by atoms with E-state index >= 15 is 0 Å². The quantitative estimate of drug-likeness (QED) is 0.686. The predicted octanol–water partition coefficient (Wildman–Crippen LogP) is 0.423. The Balaban J connectivity index is 2.52. The highest BCUT2D eigenvalue weighted by Crippen LogP contribution is 2.11. The molecule has 0 amide bonds. The lowest BCUT2D eigenvalue weighted by molar-refractivity contribution is 0.122. The van der Waals surface area contributed by atoms with Crippen LogP contribution in [0.1, 0.15) is 6.92 Å². The number of rotatable bonds is 3. The normalized spacial score (nSPS) is 12.5. The van der Waals surface area contributed by atoms with Crippen LogP contribution >= 0.6 is 0 Å². The third-order valence-corrected chi connectivity index (χ3v) is 1.24. The van der Waals surface area contributed by atoms with E-state index < -0.39 is 6.10 Å². The van der Waals surface area contributed by atoms with Gasteiger partial charge in [-0.05, 0) is 13.0 Å². The summed E-state index contributed by atoms with van der Waals surface area (Å²) in [4.78, 5) is 3.80. The van der Waals surface area contributed by atoms with Crippen LogP contribution in [0.3, 0.4) is 0 Å². The largest absolute Gasteiger partial charge is 0.491 e. The average molecular weight is 168 g/mol. The first kappa shape index (κ1) is 8.80. The molecule has 1 rings (SSSR count). The molecule has 0 bridgehead atoms. The number of aromatic nitrogens is 1. The second-order valence-electron chi connectivity index (χ2n) is 2.58. The Bertz CT molecular complexity index is 251. The molecule has 1 heterocycles. The highest BCUT2D eigenvalue weighted by atomic mass is 16.5. The minimum absolute atomic E-state index is 0.267. The third-order valence-electron chi connectivity index (χ3n) is 1.24. The molecular formula is C8H12N2O2. The maximum absolute atomic E-state index is 8.91. The molecule has 1 aromatic heterocycles. The molecule has 1 unspecified atom stereocenters. The van der Waals surface area contributed by atoms with Crippen molar-refractivity contribution >= 4 is 5.82 Å². The summed E-state index contributed by atoms with van der Waals surface area (Å²) in [6.45, 7) is 1.92. The predicted molar refractivity (Wildman–Crippen MR) is 45.8 cm³/mol. The van der Waals surface area contributed by atoms with Crippen molar-refractivity contribution in [3.63, 3.8) is 0 Å². The number of nitrogen functional groups attached to an aromatic ring is 1. The molecule has 0 fully saturated rings. The summed E-state index contributed by atoms with van der Waals surface area (Å²) in [5, 5.41) is 8.91. The zero-order valence-electron chi connectivity index (χ0n) is 6.90. The molecule has 4 heteroatoms. The van der Waals surface area contributed by atoms with E-state index in [1.54, 1.807) is 25.3 Å². The van der Waals surface area contributed by atoms with Crippen LogP contribution in [0.5, 0.6) is 5.75 Å². The van der Waals surface area contributed by atoms with Crippen LogP contribution in [0.25, 0.3) is 0 Å². The second kappa shape index (κ2) is 3.92. The first-order chi connectivity index (χ1) is 5.68. The number of aliphatic hydroxyl groups excluding tert-OH is 1. The number of anilines is 1. The molecule has 66 valence electrons. The Hall–Kier alpha value is -1.29. The number of nitrogens with zero attached hydrogens (tertiary/aromatic N) is 1. The topological polar surface area (TPSA) is 68.4 Å². The number of ether oxygens (including phenoxy) is 1. The molecular weight excluding hydrogens is 156 g/mol. The maximum atomic E-state index is 8.91. The zero-order chi connectivity index (χ0) is 8.97. The molecule has 0 saturated carbocycles. The number of hydrogen-bond donors (Lipinski definition) is 2. The highest BCUT2D eigenvalue weighted by molar-refractivity contribution is 5.35. The molecule has 1 atom stereocenters. The van der Waals surface area contributed by atoms with Crippen LogP contribution in [0.4, 0.5) is 5.82 Å². The van der Waals surface area contributed by atoms with Crippen molar-refractivity contribution in [1.82, 2.24) is 4.98 Å². The Morgan fingerprint density at radius 1 is 1.75 bits per heavy atom. The summed E-state index contributed by atoms with van der Waals surface area (Å²) in [7, 11) is 0. The van der Waals surface area contributed by atoms with Crippen LogP contribution in [0.2, 0.25) is 0 Å². The first-order valence-corrected chi connectivity index (χ1v) is 3.71. The Morgan fingerprint density at radius 3 is 3.08 bits per heavy atom. The van der Waals surface area contributed by atoms with Crippen molar-refractivity contribution in [1.29, 1.82) is 0 Å². The van der Waals surface area contributed by atoms with Gasteiger partial charge in [-0.3, -0.25) is 0 Å². The van der Waals surface area contributed by atoms with Crippen molar-refractivity contribution in [2.24, 2.45) is 0 Å². The number of aliphatic hydroxyl groups is 1. The van der Waals surface area contributed by atoms with Gasteiger partial charge in [0.25, 0.3) is 0 Å². The Labute approximate surface area is 71.0 Å². The number of pyridine rings is 1. The van der Waals surface area contributed by atoms with E-state index in [4.69, 9.17) is 15.6 Å². The van der Waals surface area contributed by atoms with Crippen LogP contribution in [-0.2, 0) is 0 Å². The van der Waals surface area contributed by atoms with Gasteiger partial charge in [0.1, 0.15) is 18.2 Å². The molecule has 3 N–H and O–H groups in total. The fraction of sp³-hybridized carbons (Fsp3) is 0.375. The van der Waals surface area contributed by atoms with E-state index in [1.807, 2.05) is 0 Å². The summed E-state index contributed by atoms with van der Waals surface area (Å²) in [5.74, 6) is 1.04. The van der Waals surface area contributed by atoms with Crippen LogP contribution in [0, 0.1) is 0 Å². The van der Waals surface area contributed by atoms with Crippen molar-refractivity contribution in [2.45, 2.75) is 13.0 Å². The summed E-state index contributed by atoms with van der Waals surface area (Å²) in [5.41, 5.74) is 5.41. The van der Waals surface area contributed by atoms with Crippen LogP contribution in [-0.4, -0.2) is 22.8 Å². The van der Waals surface area contributed by atoms with Gasteiger partial charge in [0.2, 0.25) is 0 Å². The molecule has 12 heavy (non-hydrogen) atoms. The average Bonchev–Trinajstić information content (AvgIpc) is 2.01. The lowest BCUT2D eigenvalue weighted by Gasteiger charge is -2.07. The summed E-state index contributed by atoms with van der Waals surface area (Å²) in [6.07, 6.45) is 1.09. The summed E-state index contributed by atoms with van der Waals surface area (Å²) < 4.78 is 5.18. The zero-order valence-corrected chi connectivity index (χ0v) is 6.90. The monoisotopic (exact) mass is 168 g/mol. The molecule has 0 aliphatic heterocycles. The standard InChI is InChI=1S/C8H12N2O2/c1-6(11)5-12-7-2-3-10-8(9)4-7/h2-4,6,11H,5H2,1H3,(H2,9,10). The first-order valence-electron chi connectivity index (χ1n) is 3.71. The van der Waals surface area contributed by atoms with Crippen molar-refractivity contribution in [3.05, 3.63) is 18.3 Å². The van der Waals surface area contributed by atoms with Gasteiger partial charge >= 0.3 is 0 Å².